The Balaban J connectivity index is 1.89. The van der Waals surface area contributed by atoms with Crippen molar-refractivity contribution in [3.63, 3.8) is 0 Å². The van der Waals surface area contributed by atoms with Crippen molar-refractivity contribution in [2.45, 2.75) is 57.0 Å². The molecule has 0 aliphatic carbocycles. The van der Waals surface area contributed by atoms with Crippen molar-refractivity contribution < 1.29 is 9.47 Å². The Bertz CT molecular complexity index is 378. The number of ether oxygens (including phenoxy) is 2. The molecule has 2 aliphatic heterocycles. The van der Waals surface area contributed by atoms with Crippen LogP contribution in [0.5, 0.6) is 0 Å². The second-order valence-electron chi connectivity index (χ2n) is 5.60. The summed E-state index contributed by atoms with van der Waals surface area (Å²) < 4.78 is 12.2. The maximum atomic E-state index is 6.08. The first-order valence-corrected chi connectivity index (χ1v) is 7.83. The van der Waals surface area contributed by atoms with E-state index in [1.807, 2.05) is 13.8 Å². The highest BCUT2D eigenvalue weighted by Crippen LogP contribution is 2.59. The van der Waals surface area contributed by atoms with E-state index < -0.39 is 5.79 Å². The Morgan fingerprint density at radius 2 is 1.76 bits per heavy atom. The van der Waals surface area contributed by atoms with Gasteiger partial charge in [0.15, 0.2) is 5.79 Å². The SMILES string of the molecule is C[C@H]1[C@H]2OC(C)(C)O[C@@H]2[C@H](C)P1c1ccc[cH-]1. The molecule has 3 rings (SSSR count). The smallest absolute Gasteiger partial charge is 0.163 e. The van der Waals surface area contributed by atoms with Crippen LogP contribution in [0.2, 0.25) is 0 Å². The largest absolute Gasteiger partial charge is 0.344 e. The lowest BCUT2D eigenvalue weighted by molar-refractivity contribution is -0.147. The van der Waals surface area contributed by atoms with Crippen LogP contribution < -0.4 is 5.30 Å². The summed E-state index contributed by atoms with van der Waals surface area (Å²) in [6, 6.07) is 8.78. The van der Waals surface area contributed by atoms with Gasteiger partial charge in [0.1, 0.15) is 0 Å². The zero-order chi connectivity index (χ0) is 12.2. The van der Waals surface area contributed by atoms with Crippen LogP contribution in [-0.2, 0) is 9.47 Å². The predicted octanol–water partition coefficient (Wildman–Crippen LogP) is 2.82. The van der Waals surface area contributed by atoms with Gasteiger partial charge in [0, 0.05) is 11.3 Å². The highest BCUT2D eigenvalue weighted by Gasteiger charge is 2.54. The normalized spacial score (nSPS) is 43.9. The molecule has 1 aromatic carbocycles. The molecule has 2 nitrogen and oxygen atoms in total. The van der Waals surface area contributed by atoms with E-state index in [0.717, 1.165) is 0 Å². The number of hydrogen-bond acceptors (Lipinski definition) is 2. The fourth-order valence-electron chi connectivity index (χ4n) is 3.26. The van der Waals surface area contributed by atoms with Crippen molar-refractivity contribution in [2.24, 2.45) is 0 Å². The number of fused-ring (bicyclic) bond motifs is 1. The van der Waals surface area contributed by atoms with Gasteiger partial charge in [0.25, 0.3) is 0 Å². The lowest BCUT2D eigenvalue weighted by Crippen LogP contribution is -2.27. The topological polar surface area (TPSA) is 18.5 Å². The standard InChI is InChI=1S/C14H20O2P/c1-9-12-13(16-14(3,4)15-12)10(2)17(9)11-7-5-6-8-11/h5-10,12-13H,1-4H3/q-1/t9-,10-,12+,13+/m0/s1. The van der Waals surface area contributed by atoms with Crippen LogP contribution in [0.1, 0.15) is 27.7 Å². The lowest BCUT2D eigenvalue weighted by Gasteiger charge is -2.29. The van der Waals surface area contributed by atoms with Gasteiger partial charge in [-0.05, 0) is 13.8 Å². The monoisotopic (exact) mass is 251 g/mol. The van der Waals surface area contributed by atoms with Gasteiger partial charge in [-0.15, -0.1) is 5.30 Å². The van der Waals surface area contributed by atoms with Crippen molar-refractivity contribution in [1.29, 1.82) is 0 Å². The average Bonchev–Trinajstić information content (AvgIpc) is 2.88. The molecule has 0 saturated carbocycles. The minimum Gasteiger partial charge on any atom is -0.344 e. The zero-order valence-electron chi connectivity index (χ0n) is 10.9. The second-order valence-corrected chi connectivity index (χ2v) is 8.56. The van der Waals surface area contributed by atoms with Gasteiger partial charge in [-0.25, -0.2) is 12.1 Å². The van der Waals surface area contributed by atoms with E-state index in [1.165, 1.54) is 5.30 Å². The third-order valence-electron chi connectivity index (χ3n) is 3.94. The Kier molecular flexibility index (Phi) is 2.66. The Morgan fingerprint density at radius 3 is 2.24 bits per heavy atom. The maximum absolute atomic E-state index is 6.08. The van der Waals surface area contributed by atoms with Crippen molar-refractivity contribution >= 4 is 13.2 Å². The van der Waals surface area contributed by atoms with Crippen LogP contribution in [0.3, 0.4) is 0 Å². The molecule has 2 heterocycles. The first kappa shape index (κ1) is 11.8. The van der Waals surface area contributed by atoms with E-state index in [2.05, 4.69) is 38.1 Å². The van der Waals surface area contributed by atoms with E-state index >= 15 is 0 Å². The van der Waals surface area contributed by atoms with Gasteiger partial charge in [0.2, 0.25) is 0 Å². The number of hydrogen-bond donors (Lipinski definition) is 0. The summed E-state index contributed by atoms with van der Waals surface area (Å²) in [7, 11) is -0.150. The quantitative estimate of drug-likeness (QED) is 0.564. The second kappa shape index (κ2) is 3.85. The number of rotatable bonds is 1. The third-order valence-corrected chi connectivity index (χ3v) is 7.17. The molecule has 2 saturated heterocycles. The zero-order valence-corrected chi connectivity index (χ0v) is 11.8. The van der Waals surface area contributed by atoms with Gasteiger partial charge < -0.3 is 9.47 Å². The van der Waals surface area contributed by atoms with Crippen molar-refractivity contribution in [3.05, 3.63) is 24.3 Å². The van der Waals surface area contributed by atoms with Crippen LogP contribution in [0.25, 0.3) is 0 Å². The van der Waals surface area contributed by atoms with Gasteiger partial charge in [0.05, 0.1) is 12.2 Å². The molecule has 3 heteroatoms. The molecule has 0 bridgehead atoms. The minimum atomic E-state index is -0.398. The van der Waals surface area contributed by atoms with Gasteiger partial charge in [-0.3, -0.25) is 0 Å². The van der Waals surface area contributed by atoms with Crippen LogP contribution in [0, 0.1) is 0 Å². The molecule has 0 N–H and O–H groups in total. The first-order valence-electron chi connectivity index (χ1n) is 6.35. The molecule has 0 radical (unpaired) electrons. The molecule has 2 aliphatic rings. The maximum Gasteiger partial charge on any atom is 0.163 e. The third kappa shape index (κ3) is 1.78. The van der Waals surface area contributed by atoms with Gasteiger partial charge >= 0.3 is 0 Å². The first-order chi connectivity index (χ1) is 7.99. The van der Waals surface area contributed by atoms with Crippen LogP contribution >= 0.6 is 7.92 Å². The Labute approximate surface area is 104 Å². The van der Waals surface area contributed by atoms with Crippen molar-refractivity contribution in [3.8, 4) is 0 Å². The molecule has 0 spiro atoms. The molecule has 0 aromatic heterocycles. The molecule has 17 heavy (non-hydrogen) atoms. The van der Waals surface area contributed by atoms with Crippen molar-refractivity contribution in [1.82, 2.24) is 0 Å². The predicted molar refractivity (Wildman–Crippen MR) is 71.3 cm³/mol. The molecular weight excluding hydrogens is 231 g/mol. The molecule has 1 aromatic rings. The van der Waals surface area contributed by atoms with Crippen LogP contribution in [-0.4, -0.2) is 29.3 Å². The summed E-state index contributed by atoms with van der Waals surface area (Å²) in [4.78, 5) is 0. The molecular formula is C14H20O2P-. The molecule has 2 fully saturated rings. The lowest BCUT2D eigenvalue weighted by atomic mass is 10.1. The summed E-state index contributed by atoms with van der Waals surface area (Å²) in [5, 5.41) is 1.50. The van der Waals surface area contributed by atoms with E-state index in [1.54, 1.807) is 0 Å². The molecule has 0 unspecified atom stereocenters. The summed E-state index contributed by atoms with van der Waals surface area (Å²) >= 11 is 0. The average molecular weight is 251 g/mol. The fourth-order valence-corrected chi connectivity index (χ4v) is 6.55. The van der Waals surface area contributed by atoms with Crippen LogP contribution in [0.15, 0.2) is 24.3 Å². The summed E-state index contributed by atoms with van der Waals surface area (Å²) in [6.07, 6.45) is 0.557. The molecule has 0 amide bonds. The highest BCUT2D eigenvalue weighted by atomic mass is 31.1. The summed E-state index contributed by atoms with van der Waals surface area (Å²) in [5.74, 6) is -0.398. The Hall–Kier alpha value is -0.300. The van der Waals surface area contributed by atoms with Gasteiger partial charge in [-0.1, -0.05) is 21.8 Å². The van der Waals surface area contributed by atoms with Crippen molar-refractivity contribution in [2.75, 3.05) is 0 Å². The van der Waals surface area contributed by atoms with E-state index in [9.17, 15) is 0 Å². The summed E-state index contributed by atoms with van der Waals surface area (Å²) in [5.41, 5.74) is 1.18. The molecule has 4 atom stereocenters. The van der Waals surface area contributed by atoms with Gasteiger partial charge in [-0.2, -0.15) is 12.1 Å². The highest BCUT2D eigenvalue weighted by molar-refractivity contribution is 7.67. The van der Waals surface area contributed by atoms with Crippen LogP contribution in [0.4, 0.5) is 0 Å². The Morgan fingerprint density at radius 1 is 1.18 bits per heavy atom. The van der Waals surface area contributed by atoms with E-state index in [4.69, 9.17) is 9.47 Å². The van der Waals surface area contributed by atoms with E-state index in [-0.39, 0.29) is 20.1 Å². The fraction of sp³-hybridized carbons (Fsp3) is 0.643. The molecule has 94 valence electrons. The minimum absolute atomic E-state index is 0.150. The summed E-state index contributed by atoms with van der Waals surface area (Å²) in [6.45, 7) is 8.69. The van der Waals surface area contributed by atoms with E-state index in [0.29, 0.717) is 11.3 Å².